The fourth-order valence-electron chi connectivity index (χ4n) is 1.75. The molecule has 0 aliphatic carbocycles. The molecular weight excluding hydrogens is 214 g/mol. The van der Waals surface area contributed by atoms with E-state index in [1.54, 1.807) is 0 Å². The van der Waals surface area contributed by atoms with Crippen molar-refractivity contribution in [1.29, 1.82) is 0 Å². The van der Waals surface area contributed by atoms with Crippen LogP contribution in [0.1, 0.15) is 44.4 Å². The number of aryl methyl sites for hydroxylation is 1. The van der Waals surface area contributed by atoms with Crippen LogP contribution in [-0.4, -0.2) is 13.1 Å². The molecule has 2 heteroatoms. The van der Waals surface area contributed by atoms with Crippen LogP contribution < -0.4 is 5.32 Å². The molecule has 1 nitrogen and oxygen atoms in total. The maximum Gasteiger partial charge on any atom is 0.00452 e. The van der Waals surface area contributed by atoms with Crippen LogP contribution in [0, 0.1) is 5.92 Å². The Bertz CT molecular complexity index is 241. The topological polar surface area (TPSA) is 12.0 Å². The molecule has 1 aromatic heterocycles. The molecule has 0 atom stereocenters. The molecule has 0 aliphatic rings. The lowest BCUT2D eigenvalue weighted by Gasteiger charge is -2.06. The van der Waals surface area contributed by atoms with Crippen molar-refractivity contribution in [3.05, 3.63) is 22.4 Å². The van der Waals surface area contributed by atoms with E-state index in [1.165, 1.54) is 43.5 Å². The Balaban J connectivity index is 1.82. The van der Waals surface area contributed by atoms with E-state index in [9.17, 15) is 0 Å². The fourth-order valence-corrected chi connectivity index (χ4v) is 2.50. The van der Waals surface area contributed by atoms with Gasteiger partial charge in [0, 0.05) is 4.88 Å². The monoisotopic (exact) mass is 239 g/mol. The molecule has 0 fully saturated rings. The van der Waals surface area contributed by atoms with Crippen LogP contribution in [0.2, 0.25) is 0 Å². The molecule has 0 spiro atoms. The Morgan fingerprint density at radius 3 is 2.69 bits per heavy atom. The highest BCUT2D eigenvalue weighted by atomic mass is 32.1. The van der Waals surface area contributed by atoms with Crippen LogP contribution in [0.3, 0.4) is 0 Å². The Morgan fingerprint density at radius 2 is 2.00 bits per heavy atom. The summed E-state index contributed by atoms with van der Waals surface area (Å²) in [6.07, 6.45) is 6.71. The van der Waals surface area contributed by atoms with E-state index in [0.29, 0.717) is 0 Å². The van der Waals surface area contributed by atoms with Crippen LogP contribution in [0.4, 0.5) is 0 Å². The molecule has 16 heavy (non-hydrogen) atoms. The SMILES string of the molecule is CC(C)CNCCCCCCc1cccs1. The zero-order valence-corrected chi connectivity index (χ0v) is 11.5. The second-order valence-electron chi connectivity index (χ2n) is 4.84. The molecule has 0 aliphatic heterocycles. The number of hydrogen-bond donors (Lipinski definition) is 1. The highest BCUT2D eigenvalue weighted by molar-refractivity contribution is 7.09. The zero-order chi connectivity index (χ0) is 11.6. The third-order valence-corrected chi connectivity index (χ3v) is 3.60. The number of unbranched alkanes of at least 4 members (excludes halogenated alkanes) is 3. The van der Waals surface area contributed by atoms with Gasteiger partial charge in [-0.05, 0) is 49.7 Å². The second kappa shape index (κ2) is 8.77. The molecule has 0 amide bonds. The molecule has 92 valence electrons. The van der Waals surface area contributed by atoms with E-state index < -0.39 is 0 Å². The minimum atomic E-state index is 0.777. The van der Waals surface area contributed by atoms with Gasteiger partial charge in [0.15, 0.2) is 0 Å². The number of thiophene rings is 1. The molecule has 1 rings (SSSR count). The third-order valence-electron chi connectivity index (χ3n) is 2.66. The highest BCUT2D eigenvalue weighted by Crippen LogP contribution is 2.13. The lowest BCUT2D eigenvalue weighted by Crippen LogP contribution is -2.20. The molecule has 0 radical (unpaired) electrons. The van der Waals surface area contributed by atoms with Crippen molar-refractivity contribution >= 4 is 11.3 Å². The molecule has 0 saturated carbocycles. The summed E-state index contributed by atoms with van der Waals surface area (Å²) in [5, 5.41) is 5.66. The van der Waals surface area contributed by atoms with Gasteiger partial charge in [-0.25, -0.2) is 0 Å². The van der Waals surface area contributed by atoms with Gasteiger partial charge in [0.05, 0.1) is 0 Å². The summed E-state index contributed by atoms with van der Waals surface area (Å²) >= 11 is 1.89. The molecule has 1 aromatic rings. The van der Waals surface area contributed by atoms with Crippen LogP contribution >= 0.6 is 11.3 Å². The summed E-state index contributed by atoms with van der Waals surface area (Å²) in [7, 11) is 0. The molecular formula is C14H25NS. The molecule has 0 unspecified atom stereocenters. The van der Waals surface area contributed by atoms with Crippen molar-refractivity contribution in [1.82, 2.24) is 5.32 Å². The Morgan fingerprint density at radius 1 is 1.19 bits per heavy atom. The van der Waals surface area contributed by atoms with E-state index in [1.807, 2.05) is 11.3 Å². The summed E-state index contributed by atoms with van der Waals surface area (Å²) in [5.74, 6) is 0.777. The Kier molecular flexibility index (Phi) is 7.52. The molecule has 0 aromatic carbocycles. The Labute approximate surface area is 104 Å². The van der Waals surface area contributed by atoms with Crippen LogP contribution in [0.15, 0.2) is 17.5 Å². The largest absolute Gasteiger partial charge is 0.316 e. The van der Waals surface area contributed by atoms with E-state index in [0.717, 1.165) is 12.5 Å². The normalized spacial score (nSPS) is 11.2. The average molecular weight is 239 g/mol. The standard InChI is InChI=1S/C14H25NS/c1-13(2)12-15-10-6-4-3-5-8-14-9-7-11-16-14/h7,9,11,13,15H,3-6,8,10,12H2,1-2H3. The highest BCUT2D eigenvalue weighted by Gasteiger charge is 1.95. The van der Waals surface area contributed by atoms with Gasteiger partial charge in [-0.1, -0.05) is 32.8 Å². The minimum Gasteiger partial charge on any atom is -0.316 e. The van der Waals surface area contributed by atoms with E-state index >= 15 is 0 Å². The number of nitrogens with one attached hydrogen (secondary N) is 1. The maximum absolute atomic E-state index is 3.49. The van der Waals surface area contributed by atoms with Gasteiger partial charge in [0.1, 0.15) is 0 Å². The number of rotatable bonds is 9. The van der Waals surface area contributed by atoms with Crippen molar-refractivity contribution in [2.75, 3.05) is 13.1 Å². The van der Waals surface area contributed by atoms with Crippen LogP contribution in [0.5, 0.6) is 0 Å². The van der Waals surface area contributed by atoms with Gasteiger partial charge in [-0.15, -0.1) is 11.3 Å². The van der Waals surface area contributed by atoms with Crippen LogP contribution in [0.25, 0.3) is 0 Å². The fraction of sp³-hybridized carbons (Fsp3) is 0.714. The summed E-state index contributed by atoms with van der Waals surface area (Å²) in [5.41, 5.74) is 0. The summed E-state index contributed by atoms with van der Waals surface area (Å²) < 4.78 is 0. The van der Waals surface area contributed by atoms with Gasteiger partial charge in [-0.3, -0.25) is 0 Å². The predicted octanol–water partition coefficient (Wildman–Crippen LogP) is 4.10. The summed E-state index contributed by atoms with van der Waals surface area (Å²) in [6, 6.07) is 4.39. The molecule has 1 heterocycles. The predicted molar refractivity (Wildman–Crippen MR) is 74.2 cm³/mol. The van der Waals surface area contributed by atoms with Gasteiger partial charge >= 0.3 is 0 Å². The first-order valence-corrected chi connectivity index (χ1v) is 7.40. The first-order chi connectivity index (χ1) is 7.79. The zero-order valence-electron chi connectivity index (χ0n) is 10.7. The van der Waals surface area contributed by atoms with Gasteiger partial charge in [-0.2, -0.15) is 0 Å². The summed E-state index contributed by atoms with van der Waals surface area (Å²) in [4.78, 5) is 1.54. The van der Waals surface area contributed by atoms with E-state index in [-0.39, 0.29) is 0 Å². The van der Waals surface area contributed by atoms with E-state index in [2.05, 4.69) is 36.7 Å². The summed E-state index contributed by atoms with van der Waals surface area (Å²) in [6.45, 7) is 6.87. The van der Waals surface area contributed by atoms with Crippen molar-refractivity contribution < 1.29 is 0 Å². The lowest BCUT2D eigenvalue weighted by atomic mass is 10.1. The van der Waals surface area contributed by atoms with Gasteiger partial charge < -0.3 is 5.32 Å². The first kappa shape index (κ1) is 13.7. The number of hydrogen-bond acceptors (Lipinski definition) is 2. The minimum absolute atomic E-state index is 0.777. The van der Waals surface area contributed by atoms with Crippen molar-refractivity contribution in [3.8, 4) is 0 Å². The third kappa shape index (κ3) is 7.02. The smallest absolute Gasteiger partial charge is 0.00452 e. The van der Waals surface area contributed by atoms with E-state index in [4.69, 9.17) is 0 Å². The molecule has 1 N–H and O–H groups in total. The average Bonchev–Trinajstić information content (AvgIpc) is 2.74. The lowest BCUT2D eigenvalue weighted by molar-refractivity contribution is 0.526. The van der Waals surface area contributed by atoms with Crippen molar-refractivity contribution in [2.24, 2.45) is 5.92 Å². The molecule has 0 saturated heterocycles. The maximum atomic E-state index is 3.49. The van der Waals surface area contributed by atoms with Gasteiger partial charge in [0.2, 0.25) is 0 Å². The van der Waals surface area contributed by atoms with Crippen LogP contribution in [-0.2, 0) is 6.42 Å². The van der Waals surface area contributed by atoms with Crippen molar-refractivity contribution in [3.63, 3.8) is 0 Å². The van der Waals surface area contributed by atoms with Gasteiger partial charge in [0.25, 0.3) is 0 Å². The molecule has 0 bridgehead atoms. The first-order valence-electron chi connectivity index (χ1n) is 6.52. The quantitative estimate of drug-likeness (QED) is 0.640. The Hall–Kier alpha value is -0.340. The second-order valence-corrected chi connectivity index (χ2v) is 5.87. The van der Waals surface area contributed by atoms with Crippen molar-refractivity contribution in [2.45, 2.75) is 46.0 Å².